The van der Waals surface area contributed by atoms with Crippen LogP contribution in [0.1, 0.15) is 47.2 Å². The predicted molar refractivity (Wildman–Crippen MR) is 78.2 cm³/mol. The molecule has 0 aliphatic carbocycles. The van der Waals surface area contributed by atoms with E-state index in [-0.39, 0.29) is 12.1 Å². The average molecular weight is 298 g/mol. The molecule has 5 nitrogen and oxygen atoms in total. The van der Waals surface area contributed by atoms with Crippen LogP contribution >= 0.6 is 11.3 Å². The van der Waals surface area contributed by atoms with Crippen molar-refractivity contribution in [3.63, 3.8) is 0 Å². The van der Waals surface area contributed by atoms with Gasteiger partial charge in [0.25, 0.3) is 0 Å². The minimum absolute atomic E-state index is 0.0529. The van der Waals surface area contributed by atoms with Gasteiger partial charge in [0.1, 0.15) is 16.0 Å². The number of hydrogen-bond acceptors (Lipinski definition) is 6. The molecule has 1 aliphatic heterocycles. The summed E-state index contributed by atoms with van der Waals surface area (Å²) in [6.45, 7) is 8.73. The van der Waals surface area contributed by atoms with Crippen molar-refractivity contribution < 1.29 is 14.3 Å². The summed E-state index contributed by atoms with van der Waals surface area (Å²) in [7, 11) is 0. The number of carbonyl (C=O) groups is 1. The van der Waals surface area contributed by atoms with Crippen molar-refractivity contribution in [2.75, 3.05) is 26.3 Å². The van der Waals surface area contributed by atoms with E-state index < -0.39 is 0 Å². The Balaban J connectivity index is 2.23. The van der Waals surface area contributed by atoms with E-state index in [1.165, 1.54) is 11.3 Å². The third kappa shape index (κ3) is 3.77. The van der Waals surface area contributed by atoms with Gasteiger partial charge in [-0.25, -0.2) is 9.78 Å². The van der Waals surface area contributed by atoms with E-state index in [0.29, 0.717) is 24.0 Å². The Labute approximate surface area is 123 Å². The lowest BCUT2D eigenvalue weighted by Crippen LogP contribution is -2.33. The van der Waals surface area contributed by atoms with E-state index in [1.807, 2.05) is 6.92 Å². The molecule has 1 aromatic rings. The number of carbonyl (C=O) groups excluding carboxylic acids is 1. The number of nitrogens with zero attached hydrogens (tertiary/aromatic N) is 1. The molecule has 0 radical (unpaired) electrons. The molecule has 1 aliphatic rings. The van der Waals surface area contributed by atoms with Crippen LogP contribution in [0.25, 0.3) is 0 Å². The van der Waals surface area contributed by atoms with Crippen LogP contribution in [0.2, 0.25) is 0 Å². The van der Waals surface area contributed by atoms with Crippen LogP contribution < -0.4 is 5.32 Å². The fourth-order valence-electron chi connectivity index (χ4n) is 2.11. The summed E-state index contributed by atoms with van der Waals surface area (Å²) in [6.07, 6.45) is 0.730. The maximum absolute atomic E-state index is 12.0. The summed E-state index contributed by atoms with van der Waals surface area (Å²) in [4.78, 5) is 17.3. The molecule has 1 fully saturated rings. The zero-order valence-electron chi connectivity index (χ0n) is 12.3. The topological polar surface area (TPSA) is 60.5 Å². The van der Waals surface area contributed by atoms with Gasteiger partial charge in [0.15, 0.2) is 0 Å². The average Bonchev–Trinajstić information content (AvgIpc) is 2.83. The van der Waals surface area contributed by atoms with Gasteiger partial charge in [-0.15, -0.1) is 11.3 Å². The van der Waals surface area contributed by atoms with E-state index in [0.717, 1.165) is 30.2 Å². The smallest absolute Gasteiger partial charge is 0.350 e. The standard InChI is InChI=1S/C14H22N2O3S/c1-4-18-14(17)12-10(7-9(2)3)16-13(20-12)11-8-15-5-6-19-11/h9,11,15H,4-8H2,1-3H3. The highest BCUT2D eigenvalue weighted by Crippen LogP contribution is 2.29. The molecule has 1 atom stereocenters. The number of hydrogen-bond donors (Lipinski definition) is 1. The summed E-state index contributed by atoms with van der Waals surface area (Å²) in [5.74, 6) is 0.180. The molecule has 1 unspecified atom stereocenters. The Morgan fingerprint density at radius 1 is 1.60 bits per heavy atom. The van der Waals surface area contributed by atoms with Crippen LogP contribution in [0.15, 0.2) is 0 Å². The van der Waals surface area contributed by atoms with E-state index in [9.17, 15) is 4.79 Å². The third-order valence-corrected chi connectivity index (χ3v) is 4.15. The first-order valence-electron chi connectivity index (χ1n) is 7.10. The van der Waals surface area contributed by atoms with Gasteiger partial charge in [0, 0.05) is 13.1 Å². The second-order valence-corrected chi connectivity index (χ2v) is 6.24. The van der Waals surface area contributed by atoms with Crippen LogP contribution in [0.5, 0.6) is 0 Å². The predicted octanol–water partition coefficient (Wildman–Crippen LogP) is 2.18. The second-order valence-electron chi connectivity index (χ2n) is 5.21. The molecular formula is C14H22N2O3S. The largest absolute Gasteiger partial charge is 0.462 e. The molecule has 0 spiro atoms. The molecule has 2 rings (SSSR count). The van der Waals surface area contributed by atoms with Gasteiger partial charge >= 0.3 is 5.97 Å². The van der Waals surface area contributed by atoms with Crippen molar-refractivity contribution in [1.82, 2.24) is 10.3 Å². The lowest BCUT2D eigenvalue weighted by Gasteiger charge is -2.21. The normalized spacial score (nSPS) is 19.3. The lowest BCUT2D eigenvalue weighted by molar-refractivity contribution is 0.0274. The Morgan fingerprint density at radius 2 is 2.40 bits per heavy atom. The zero-order chi connectivity index (χ0) is 14.5. The highest BCUT2D eigenvalue weighted by atomic mass is 32.1. The number of nitrogens with one attached hydrogen (secondary N) is 1. The second kappa shape index (κ2) is 7.15. The van der Waals surface area contributed by atoms with Crippen LogP contribution in [0, 0.1) is 5.92 Å². The molecule has 1 N–H and O–H groups in total. The van der Waals surface area contributed by atoms with Gasteiger partial charge < -0.3 is 14.8 Å². The van der Waals surface area contributed by atoms with E-state index in [1.54, 1.807) is 0 Å². The van der Waals surface area contributed by atoms with Crippen LogP contribution in [0.4, 0.5) is 0 Å². The fourth-order valence-corrected chi connectivity index (χ4v) is 3.15. The summed E-state index contributed by atoms with van der Waals surface area (Å²) < 4.78 is 10.8. The van der Waals surface area contributed by atoms with Crippen molar-refractivity contribution in [2.24, 2.45) is 5.92 Å². The van der Waals surface area contributed by atoms with Crippen molar-refractivity contribution in [3.8, 4) is 0 Å². The third-order valence-electron chi connectivity index (χ3n) is 2.98. The number of rotatable bonds is 5. The lowest BCUT2D eigenvalue weighted by atomic mass is 10.1. The van der Waals surface area contributed by atoms with Gasteiger partial charge in [-0.1, -0.05) is 13.8 Å². The number of morpholine rings is 1. The molecule has 0 bridgehead atoms. The van der Waals surface area contributed by atoms with Crippen molar-refractivity contribution >= 4 is 17.3 Å². The minimum Gasteiger partial charge on any atom is -0.462 e. The molecule has 1 saturated heterocycles. The SMILES string of the molecule is CCOC(=O)c1sc(C2CNCCO2)nc1CC(C)C. The summed E-state index contributed by atoms with van der Waals surface area (Å²) in [6, 6.07) is 0. The molecule has 0 aromatic carbocycles. The monoisotopic (exact) mass is 298 g/mol. The number of thiazole rings is 1. The highest BCUT2D eigenvalue weighted by Gasteiger charge is 2.25. The number of ether oxygens (including phenoxy) is 2. The van der Waals surface area contributed by atoms with Crippen LogP contribution in [-0.2, 0) is 15.9 Å². The molecule has 112 valence electrons. The first-order chi connectivity index (χ1) is 9.61. The summed E-state index contributed by atoms with van der Waals surface area (Å²) in [5, 5.41) is 4.15. The zero-order valence-corrected chi connectivity index (χ0v) is 13.1. The first-order valence-corrected chi connectivity index (χ1v) is 7.92. The maximum atomic E-state index is 12.0. The Bertz CT molecular complexity index is 453. The maximum Gasteiger partial charge on any atom is 0.350 e. The van der Waals surface area contributed by atoms with Gasteiger partial charge in [0.2, 0.25) is 0 Å². The van der Waals surface area contributed by atoms with Gasteiger partial charge in [-0.2, -0.15) is 0 Å². The highest BCUT2D eigenvalue weighted by molar-refractivity contribution is 7.13. The Kier molecular flexibility index (Phi) is 5.51. The molecule has 2 heterocycles. The van der Waals surface area contributed by atoms with E-state index in [4.69, 9.17) is 9.47 Å². The number of esters is 1. The molecule has 0 amide bonds. The van der Waals surface area contributed by atoms with Crippen molar-refractivity contribution in [2.45, 2.75) is 33.3 Å². The van der Waals surface area contributed by atoms with Crippen LogP contribution in [0.3, 0.4) is 0 Å². The number of aromatic nitrogens is 1. The Hall–Kier alpha value is -0.980. The molecule has 6 heteroatoms. The quantitative estimate of drug-likeness (QED) is 0.844. The summed E-state index contributed by atoms with van der Waals surface area (Å²) in [5.41, 5.74) is 0.840. The molecule has 20 heavy (non-hydrogen) atoms. The van der Waals surface area contributed by atoms with Crippen molar-refractivity contribution in [1.29, 1.82) is 0 Å². The van der Waals surface area contributed by atoms with E-state index in [2.05, 4.69) is 24.1 Å². The van der Waals surface area contributed by atoms with Gasteiger partial charge in [0.05, 0.1) is 18.9 Å². The molecule has 0 saturated carbocycles. The first kappa shape index (κ1) is 15.4. The van der Waals surface area contributed by atoms with Gasteiger partial charge in [-0.05, 0) is 19.3 Å². The molecule has 1 aromatic heterocycles. The fraction of sp³-hybridized carbons (Fsp3) is 0.714. The van der Waals surface area contributed by atoms with Crippen molar-refractivity contribution in [3.05, 3.63) is 15.6 Å². The molecular weight excluding hydrogens is 276 g/mol. The van der Waals surface area contributed by atoms with Crippen LogP contribution in [-0.4, -0.2) is 37.3 Å². The van der Waals surface area contributed by atoms with Gasteiger partial charge in [-0.3, -0.25) is 0 Å². The van der Waals surface area contributed by atoms with E-state index >= 15 is 0 Å². The summed E-state index contributed by atoms with van der Waals surface area (Å²) >= 11 is 1.41. The Morgan fingerprint density at radius 3 is 3.00 bits per heavy atom. The minimum atomic E-state index is -0.268.